The van der Waals surface area contributed by atoms with Crippen LogP contribution in [0.25, 0.3) is 0 Å². The molecule has 1 aromatic heterocycles. The maximum Gasteiger partial charge on any atom is 0.425 e. The van der Waals surface area contributed by atoms with Crippen LogP contribution in [0, 0.1) is 0 Å². The van der Waals surface area contributed by atoms with E-state index < -0.39 is 11.1 Å². The molecular weight excluding hydrogens is 263 g/mol. The fraction of sp³-hybridized carbons (Fsp3) is 0.667. The molecule has 0 aliphatic heterocycles. The zero-order chi connectivity index (χ0) is 13.4. The summed E-state index contributed by atoms with van der Waals surface area (Å²) in [5.41, 5.74) is 5.40. The van der Waals surface area contributed by atoms with E-state index in [-0.39, 0.29) is 11.5 Å². The van der Waals surface area contributed by atoms with Crippen LogP contribution >= 0.6 is 11.3 Å². The minimum Gasteiger partial charge on any atom is -0.393 e. The molecule has 3 N–H and O–H groups in total. The number of aliphatic hydroxyl groups excluding tert-OH is 1. The summed E-state index contributed by atoms with van der Waals surface area (Å²) in [5, 5.41) is 9.50. The quantitative estimate of drug-likeness (QED) is 0.874. The highest BCUT2D eigenvalue weighted by Gasteiger charge is 2.39. The molecule has 1 aliphatic carbocycles. The van der Waals surface area contributed by atoms with E-state index in [1.807, 2.05) is 0 Å². The molecule has 0 aromatic carbocycles. The Hall–Kier alpha value is -0.590. The Balaban J connectivity index is 2.25. The van der Waals surface area contributed by atoms with Crippen LogP contribution < -0.4 is 5.73 Å². The Morgan fingerprint density at radius 1 is 1.33 bits per heavy atom. The summed E-state index contributed by atoms with van der Waals surface area (Å²) in [7, 11) is 0. The number of aliphatic hydroxyl groups is 1. The highest BCUT2D eigenvalue weighted by Crippen LogP contribution is 2.44. The normalized spacial score (nSPS) is 29.5. The second-order valence-corrected chi connectivity index (χ2v) is 5.96. The summed E-state index contributed by atoms with van der Waals surface area (Å²) >= 11 is 0.784. The van der Waals surface area contributed by atoms with Crippen molar-refractivity contribution in [2.24, 2.45) is 5.73 Å². The average molecular weight is 279 g/mol. The highest BCUT2D eigenvalue weighted by atomic mass is 32.1. The van der Waals surface area contributed by atoms with Gasteiger partial charge in [0.05, 0.1) is 6.10 Å². The molecule has 0 unspecified atom stereocenters. The van der Waals surface area contributed by atoms with Crippen LogP contribution in [0.4, 0.5) is 13.2 Å². The number of hydrogen-bond acceptors (Lipinski definition) is 3. The van der Waals surface area contributed by atoms with Gasteiger partial charge in [0.1, 0.15) is 4.88 Å². The third kappa shape index (κ3) is 2.55. The number of alkyl halides is 3. The Kier molecular flexibility index (Phi) is 3.71. The second kappa shape index (κ2) is 4.83. The fourth-order valence-corrected chi connectivity index (χ4v) is 3.61. The summed E-state index contributed by atoms with van der Waals surface area (Å²) in [6.45, 7) is 0.331. The first-order valence-corrected chi connectivity index (χ1v) is 6.75. The van der Waals surface area contributed by atoms with E-state index in [1.165, 1.54) is 6.07 Å². The molecule has 0 atom stereocenters. The van der Waals surface area contributed by atoms with Crippen LogP contribution in [0.3, 0.4) is 0 Å². The lowest BCUT2D eigenvalue weighted by Gasteiger charge is -2.37. The molecule has 0 amide bonds. The molecule has 2 nitrogen and oxygen atoms in total. The lowest BCUT2D eigenvalue weighted by molar-refractivity contribution is -0.134. The van der Waals surface area contributed by atoms with Crippen LogP contribution in [0.5, 0.6) is 0 Å². The summed E-state index contributed by atoms with van der Waals surface area (Å²) < 4.78 is 37.8. The molecule has 0 radical (unpaired) electrons. The van der Waals surface area contributed by atoms with Crippen molar-refractivity contribution in [2.75, 3.05) is 6.54 Å². The van der Waals surface area contributed by atoms with Crippen molar-refractivity contribution < 1.29 is 18.3 Å². The van der Waals surface area contributed by atoms with Gasteiger partial charge in [-0.25, -0.2) is 0 Å². The monoisotopic (exact) mass is 279 g/mol. The van der Waals surface area contributed by atoms with Crippen molar-refractivity contribution in [3.63, 3.8) is 0 Å². The van der Waals surface area contributed by atoms with Gasteiger partial charge in [-0.2, -0.15) is 13.2 Å². The van der Waals surface area contributed by atoms with Crippen molar-refractivity contribution in [1.29, 1.82) is 0 Å². The average Bonchev–Trinajstić information content (AvgIpc) is 2.80. The topological polar surface area (TPSA) is 46.2 Å². The maximum atomic E-state index is 12.6. The first-order chi connectivity index (χ1) is 8.37. The zero-order valence-corrected chi connectivity index (χ0v) is 10.7. The predicted molar refractivity (Wildman–Crippen MR) is 64.5 cm³/mol. The summed E-state index contributed by atoms with van der Waals surface area (Å²) in [6.07, 6.45) is -2.10. The van der Waals surface area contributed by atoms with Crippen molar-refractivity contribution in [2.45, 2.75) is 43.4 Å². The molecule has 0 bridgehead atoms. The molecule has 0 saturated heterocycles. The Bertz CT molecular complexity index is 408. The largest absolute Gasteiger partial charge is 0.425 e. The van der Waals surface area contributed by atoms with Gasteiger partial charge in [-0.3, -0.25) is 0 Å². The van der Waals surface area contributed by atoms with Crippen LogP contribution in [0.2, 0.25) is 0 Å². The molecule has 1 heterocycles. The van der Waals surface area contributed by atoms with Crippen LogP contribution in [-0.4, -0.2) is 17.8 Å². The van der Waals surface area contributed by atoms with Gasteiger partial charge in [0.25, 0.3) is 0 Å². The number of hydrogen-bond donors (Lipinski definition) is 2. The Morgan fingerprint density at radius 2 is 1.94 bits per heavy atom. The van der Waals surface area contributed by atoms with E-state index in [4.69, 9.17) is 5.73 Å². The molecule has 1 fully saturated rings. The van der Waals surface area contributed by atoms with Gasteiger partial charge in [-0.15, -0.1) is 11.3 Å². The number of halogens is 3. The first-order valence-electron chi connectivity index (χ1n) is 5.93. The molecule has 1 aliphatic rings. The van der Waals surface area contributed by atoms with E-state index in [0.29, 0.717) is 37.1 Å². The predicted octanol–water partition coefficient (Wildman–Crippen LogP) is 2.90. The first kappa shape index (κ1) is 13.8. The van der Waals surface area contributed by atoms with Gasteiger partial charge in [-0.05, 0) is 37.8 Å². The van der Waals surface area contributed by atoms with E-state index in [1.54, 1.807) is 0 Å². The molecule has 102 valence electrons. The lowest BCUT2D eigenvalue weighted by atomic mass is 9.72. The third-order valence-electron chi connectivity index (χ3n) is 3.71. The van der Waals surface area contributed by atoms with E-state index in [0.717, 1.165) is 17.4 Å². The van der Waals surface area contributed by atoms with Crippen LogP contribution in [-0.2, 0) is 11.6 Å². The SMILES string of the molecule is NCC1(c2ccc(C(F)(F)F)s2)CCC(O)CC1. The minimum atomic E-state index is -4.28. The molecule has 2 rings (SSSR count). The Morgan fingerprint density at radius 3 is 2.39 bits per heavy atom. The lowest BCUT2D eigenvalue weighted by Crippen LogP contribution is -2.39. The number of thiophene rings is 1. The smallest absolute Gasteiger partial charge is 0.393 e. The van der Waals surface area contributed by atoms with Crippen molar-refractivity contribution in [3.8, 4) is 0 Å². The standard InChI is InChI=1S/C12H16F3NOS/c13-12(14,15)10-2-1-9(18-10)11(7-16)5-3-8(17)4-6-11/h1-2,8,17H,3-7,16H2. The van der Waals surface area contributed by atoms with E-state index in [2.05, 4.69) is 0 Å². The molecular formula is C12H16F3NOS. The van der Waals surface area contributed by atoms with Gasteiger partial charge < -0.3 is 10.8 Å². The van der Waals surface area contributed by atoms with E-state index in [9.17, 15) is 18.3 Å². The number of rotatable bonds is 2. The summed E-state index contributed by atoms with van der Waals surface area (Å²) in [6, 6.07) is 2.67. The highest BCUT2D eigenvalue weighted by molar-refractivity contribution is 7.12. The zero-order valence-electron chi connectivity index (χ0n) is 9.83. The van der Waals surface area contributed by atoms with Gasteiger partial charge in [0.15, 0.2) is 0 Å². The molecule has 0 spiro atoms. The van der Waals surface area contributed by atoms with E-state index >= 15 is 0 Å². The van der Waals surface area contributed by atoms with Gasteiger partial charge >= 0.3 is 6.18 Å². The second-order valence-electron chi connectivity index (χ2n) is 4.88. The van der Waals surface area contributed by atoms with Gasteiger partial charge in [0.2, 0.25) is 0 Å². The summed E-state index contributed by atoms with van der Waals surface area (Å²) in [4.78, 5) is 0.126. The maximum absolute atomic E-state index is 12.6. The molecule has 6 heteroatoms. The van der Waals surface area contributed by atoms with Crippen molar-refractivity contribution in [3.05, 3.63) is 21.9 Å². The fourth-order valence-electron chi connectivity index (χ4n) is 2.48. The summed E-state index contributed by atoms with van der Waals surface area (Å²) in [5.74, 6) is 0. The van der Waals surface area contributed by atoms with Crippen molar-refractivity contribution >= 4 is 11.3 Å². The minimum absolute atomic E-state index is 0.331. The number of nitrogens with two attached hydrogens (primary N) is 1. The van der Waals surface area contributed by atoms with Gasteiger partial charge in [-0.1, -0.05) is 0 Å². The Labute approximate surface area is 108 Å². The van der Waals surface area contributed by atoms with Gasteiger partial charge in [0, 0.05) is 16.8 Å². The van der Waals surface area contributed by atoms with Crippen molar-refractivity contribution in [1.82, 2.24) is 0 Å². The molecule has 18 heavy (non-hydrogen) atoms. The van der Waals surface area contributed by atoms with Crippen LogP contribution in [0.15, 0.2) is 12.1 Å². The molecule has 1 saturated carbocycles. The third-order valence-corrected chi connectivity index (χ3v) is 5.09. The molecule has 1 aromatic rings. The van der Waals surface area contributed by atoms with Crippen LogP contribution in [0.1, 0.15) is 35.4 Å².